The van der Waals surface area contributed by atoms with E-state index < -0.39 is 0 Å². The summed E-state index contributed by atoms with van der Waals surface area (Å²) >= 11 is 0. The number of fused-ring (bicyclic) bond motifs is 2. The first-order chi connectivity index (χ1) is 9.36. The van der Waals surface area contributed by atoms with Gasteiger partial charge < -0.3 is 9.64 Å². The van der Waals surface area contributed by atoms with Gasteiger partial charge in [0.1, 0.15) is 5.75 Å². The normalized spacial score (nSPS) is 20.9. The zero-order chi connectivity index (χ0) is 14.5. The SMILES string of the molecule is CCOc1cc(C(C)(C)C)cc2c1C1(CC1)CN(C)C2. The highest BCUT2D eigenvalue weighted by atomic mass is 16.5. The number of likely N-dealkylation sites (N-methyl/N-ethyl adjacent to an activating group) is 1. The minimum atomic E-state index is 0.174. The topological polar surface area (TPSA) is 12.5 Å². The molecule has 0 N–H and O–H groups in total. The minimum Gasteiger partial charge on any atom is -0.494 e. The number of benzene rings is 1. The molecular formula is C18H27NO. The third-order valence-corrected chi connectivity index (χ3v) is 4.75. The minimum absolute atomic E-state index is 0.174. The van der Waals surface area contributed by atoms with Gasteiger partial charge in [0.05, 0.1) is 6.61 Å². The third kappa shape index (κ3) is 2.24. The van der Waals surface area contributed by atoms with Crippen LogP contribution in [0.5, 0.6) is 5.75 Å². The highest BCUT2D eigenvalue weighted by molar-refractivity contribution is 5.53. The number of nitrogens with zero attached hydrogens (tertiary/aromatic N) is 1. The Morgan fingerprint density at radius 1 is 1.25 bits per heavy atom. The second-order valence-electron chi connectivity index (χ2n) is 7.64. The Bertz CT molecular complexity index is 506. The van der Waals surface area contributed by atoms with Crippen molar-refractivity contribution in [2.45, 2.75) is 57.9 Å². The maximum Gasteiger partial charge on any atom is 0.123 e. The summed E-state index contributed by atoms with van der Waals surface area (Å²) in [4.78, 5) is 2.47. The first-order valence-electron chi connectivity index (χ1n) is 7.85. The van der Waals surface area contributed by atoms with E-state index in [4.69, 9.17) is 4.74 Å². The van der Waals surface area contributed by atoms with Crippen molar-refractivity contribution in [3.05, 3.63) is 28.8 Å². The van der Waals surface area contributed by atoms with E-state index in [9.17, 15) is 0 Å². The molecule has 0 unspecified atom stereocenters. The molecule has 1 aliphatic heterocycles. The molecule has 1 aromatic carbocycles. The van der Waals surface area contributed by atoms with Crippen molar-refractivity contribution in [2.75, 3.05) is 20.2 Å². The van der Waals surface area contributed by atoms with Crippen molar-refractivity contribution < 1.29 is 4.74 Å². The Kier molecular flexibility index (Phi) is 3.13. The zero-order valence-electron chi connectivity index (χ0n) is 13.5. The Labute approximate surface area is 123 Å². The van der Waals surface area contributed by atoms with Crippen molar-refractivity contribution in [3.8, 4) is 5.75 Å². The summed E-state index contributed by atoms with van der Waals surface area (Å²) in [6.07, 6.45) is 2.64. The van der Waals surface area contributed by atoms with Crippen molar-refractivity contribution in [1.82, 2.24) is 4.90 Å². The molecule has 1 fully saturated rings. The second kappa shape index (κ2) is 4.49. The molecule has 0 atom stereocenters. The van der Waals surface area contributed by atoms with Gasteiger partial charge in [-0.2, -0.15) is 0 Å². The molecule has 0 aromatic heterocycles. The lowest BCUT2D eigenvalue weighted by Gasteiger charge is -2.35. The van der Waals surface area contributed by atoms with Gasteiger partial charge >= 0.3 is 0 Å². The number of rotatable bonds is 2. The predicted molar refractivity (Wildman–Crippen MR) is 83.6 cm³/mol. The van der Waals surface area contributed by atoms with E-state index in [2.05, 4.69) is 51.8 Å². The second-order valence-corrected chi connectivity index (χ2v) is 7.64. The standard InChI is InChI=1S/C18H27NO/c1-6-20-15-10-14(17(2,3)4)9-13-11-19(5)12-18(7-8-18)16(13)15/h9-10H,6-8,11-12H2,1-5H3. The lowest BCUT2D eigenvalue weighted by atomic mass is 9.80. The summed E-state index contributed by atoms with van der Waals surface area (Å²) in [5.41, 5.74) is 4.97. The highest BCUT2D eigenvalue weighted by Crippen LogP contribution is 2.55. The highest BCUT2D eigenvalue weighted by Gasteiger charge is 2.50. The average molecular weight is 273 g/mol. The van der Waals surface area contributed by atoms with Crippen LogP contribution in [-0.2, 0) is 17.4 Å². The van der Waals surface area contributed by atoms with Crippen LogP contribution in [0.4, 0.5) is 0 Å². The molecule has 1 heterocycles. The molecule has 0 bridgehead atoms. The summed E-state index contributed by atoms with van der Waals surface area (Å²) in [6.45, 7) is 11.9. The summed E-state index contributed by atoms with van der Waals surface area (Å²) in [5.74, 6) is 1.15. The smallest absolute Gasteiger partial charge is 0.123 e. The molecule has 110 valence electrons. The van der Waals surface area contributed by atoms with Gasteiger partial charge in [0.25, 0.3) is 0 Å². The fraction of sp³-hybridized carbons (Fsp3) is 0.667. The van der Waals surface area contributed by atoms with E-state index in [1.54, 1.807) is 0 Å². The van der Waals surface area contributed by atoms with E-state index in [0.717, 1.165) is 18.9 Å². The molecule has 2 nitrogen and oxygen atoms in total. The molecule has 1 aliphatic carbocycles. The van der Waals surface area contributed by atoms with Crippen LogP contribution >= 0.6 is 0 Å². The van der Waals surface area contributed by atoms with Gasteiger partial charge in [-0.25, -0.2) is 0 Å². The van der Waals surface area contributed by atoms with Crippen molar-refractivity contribution in [1.29, 1.82) is 0 Å². The quantitative estimate of drug-likeness (QED) is 0.811. The molecule has 20 heavy (non-hydrogen) atoms. The van der Waals surface area contributed by atoms with Crippen LogP contribution in [0.1, 0.15) is 57.2 Å². The lowest BCUT2D eigenvalue weighted by Crippen LogP contribution is -2.36. The number of ether oxygens (including phenoxy) is 1. The van der Waals surface area contributed by atoms with Crippen LogP contribution in [0.15, 0.2) is 12.1 Å². The van der Waals surface area contributed by atoms with Gasteiger partial charge in [-0.3, -0.25) is 0 Å². The lowest BCUT2D eigenvalue weighted by molar-refractivity contribution is 0.259. The molecule has 0 saturated heterocycles. The molecule has 2 aliphatic rings. The number of hydrogen-bond donors (Lipinski definition) is 0. The van der Waals surface area contributed by atoms with Gasteiger partial charge in [0, 0.05) is 24.1 Å². The molecule has 1 aromatic rings. The van der Waals surface area contributed by atoms with Crippen LogP contribution < -0.4 is 4.74 Å². The van der Waals surface area contributed by atoms with Crippen molar-refractivity contribution in [3.63, 3.8) is 0 Å². The summed E-state index contributed by atoms with van der Waals surface area (Å²) in [7, 11) is 2.24. The van der Waals surface area contributed by atoms with Crippen LogP contribution in [-0.4, -0.2) is 25.1 Å². The fourth-order valence-corrected chi connectivity index (χ4v) is 3.60. The monoisotopic (exact) mass is 273 g/mol. The van der Waals surface area contributed by atoms with Crippen LogP contribution in [0.25, 0.3) is 0 Å². The maximum absolute atomic E-state index is 6.03. The maximum atomic E-state index is 6.03. The van der Waals surface area contributed by atoms with Gasteiger partial charge in [-0.05, 0) is 49.4 Å². The Balaban J connectivity index is 2.15. The first-order valence-corrected chi connectivity index (χ1v) is 7.85. The zero-order valence-corrected chi connectivity index (χ0v) is 13.5. The largest absolute Gasteiger partial charge is 0.494 e. The molecule has 0 amide bonds. The molecule has 1 spiro atoms. The summed E-state index contributed by atoms with van der Waals surface area (Å²) in [6, 6.07) is 4.72. The van der Waals surface area contributed by atoms with Gasteiger partial charge in [0.2, 0.25) is 0 Å². The molecule has 2 heteroatoms. The molecule has 0 radical (unpaired) electrons. The molecular weight excluding hydrogens is 246 g/mol. The van der Waals surface area contributed by atoms with Crippen LogP contribution in [0.3, 0.4) is 0 Å². The molecule has 3 rings (SSSR count). The van der Waals surface area contributed by atoms with E-state index >= 15 is 0 Å². The summed E-state index contributed by atoms with van der Waals surface area (Å²) in [5, 5.41) is 0. The van der Waals surface area contributed by atoms with E-state index in [-0.39, 0.29) is 5.41 Å². The van der Waals surface area contributed by atoms with Gasteiger partial charge in [-0.1, -0.05) is 26.8 Å². The van der Waals surface area contributed by atoms with E-state index in [1.165, 1.54) is 36.1 Å². The fourth-order valence-electron chi connectivity index (χ4n) is 3.60. The van der Waals surface area contributed by atoms with Crippen molar-refractivity contribution >= 4 is 0 Å². The van der Waals surface area contributed by atoms with Crippen LogP contribution in [0.2, 0.25) is 0 Å². The number of hydrogen-bond acceptors (Lipinski definition) is 2. The predicted octanol–water partition coefficient (Wildman–Crippen LogP) is 3.86. The van der Waals surface area contributed by atoms with Crippen molar-refractivity contribution in [2.24, 2.45) is 0 Å². The third-order valence-electron chi connectivity index (χ3n) is 4.75. The summed E-state index contributed by atoms with van der Waals surface area (Å²) < 4.78 is 6.03. The first kappa shape index (κ1) is 13.9. The van der Waals surface area contributed by atoms with E-state index in [1.807, 2.05) is 0 Å². The molecule has 1 saturated carbocycles. The van der Waals surface area contributed by atoms with E-state index in [0.29, 0.717) is 5.41 Å². The average Bonchev–Trinajstić information content (AvgIpc) is 3.07. The van der Waals surface area contributed by atoms with Crippen LogP contribution in [0, 0.1) is 0 Å². The van der Waals surface area contributed by atoms with Gasteiger partial charge in [-0.15, -0.1) is 0 Å². The Hall–Kier alpha value is -1.02. The van der Waals surface area contributed by atoms with Gasteiger partial charge in [0.15, 0.2) is 0 Å². The Morgan fingerprint density at radius 3 is 2.50 bits per heavy atom. The Morgan fingerprint density at radius 2 is 1.95 bits per heavy atom.